The zero-order valence-corrected chi connectivity index (χ0v) is 20.9. The summed E-state index contributed by atoms with van der Waals surface area (Å²) in [5, 5.41) is 9.19. The SMILES string of the molecule is CN=C(NCCc1cccc(C(=O)NC)c1)NCc1ccc(OC)c(OC)c1OC.I. The summed E-state index contributed by atoms with van der Waals surface area (Å²) < 4.78 is 16.3. The smallest absolute Gasteiger partial charge is 0.251 e. The van der Waals surface area contributed by atoms with Crippen LogP contribution >= 0.6 is 24.0 Å². The van der Waals surface area contributed by atoms with Crippen molar-refractivity contribution in [2.45, 2.75) is 13.0 Å². The van der Waals surface area contributed by atoms with E-state index in [2.05, 4.69) is 20.9 Å². The Morgan fingerprint density at radius 3 is 2.35 bits per heavy atom. The number of hydrogen-bond acceptors (Lipinski definition) is 5. The number of carbonyl (C=O) groups is 1. The molecule has 2 aromatic rings. The zero-order chi connectivity index (χ0) is 21.9. The molecule has 0 fully saturated rings. The Labute approximate surface area is 200 Å². The van der Waals surface area contributed by atoms with Crippen LogP contribution in [0.2, 0.25) is 0 Å². The van der Waals surface area contributed by atoms with E-state index in [1.54, 1.807) is 41.5 Å². The summed E-state index contributed by atoms with van der Waals surface area (Å²) in [7, 11) is 8.11. The number of ether oxygens (including phenoxy) is 3. The molecule has 0 unspecified atom stereocenters. The van der Waals surface area contributed by atoms with Gasteiger partial charge in [0, 0.05) is 38.3 Å². The molecule has 0 bridgehead atoms. The number of amides is 1. The molecule has 9 heteroatoms. The third-order valence-corrected chi connectivity index (χ3v) is 4.58. The number of guanidine groups is 1. The summed E-state index contributed by atoms with van der Waals surface area (Å²) in [6, 6.07) is 11.3. The van der Waals surface area contributed by atoms with Gasteiger partial charge in [-0.3, -0.25) is 9.79 Å². The van der Waals surface area contributed by atoms with E-state index < -0.39 is 0 Å². The molecule has 8 nitrogen and oxygen atoms in total. The maximum atomic E-state index is 11.8. The molecule has 0 aromatic heterocycles. The first-order valence-electron chi connectivity index (χ1n) is 9.61. The minimum Gasteiger partial charge on any atom is -0.493 e. The zero-order valence-electron chi connectivity index (χ0n) is 18.6. The van der Waals surface area contributed by atoms with E-state index >= 15 is 0 Å². The molecule has 0 saturated heterocycles. The van der Waals surface area contributed by atoms with Gasteiger partial charge in [0.05, 0.1) is 21.3 Å². The Morgan fingerprint density at radius 2 is 1.74 bits per heavy atom. The molecule has 1 amide bonds. The van der Waals surface area contributed by atoms with Crippen molar-refractivity contribution >= 4 is 35.8 Å². The molecule has 0 aliphatic carbocycles. The van der Waals surface area contributed by atoms with Gasteiger partial charge in [-0.15, -0.1) is 24.0 Å². The fourth-order valence-corrected chi connectivity index (χ4v) is 3.04. The molecular formula is C22H31IN4O4. The summed E-state index contributed by atoms with van der Waals surface area (Å²) in [5.41, 5.74) is 2.63. The van der Waals surface area contributed by atoms with Gasteiger partial charge in [-0.25, -0.2) is 0 Å². The first-order valence-corrected chi connectivity index (χ1v) is 9.61. The standard InChI is InChI=1S/C22H30N4O4.HI/c1-23-21(27)16-8-6-7-15(13-16)11-12-25-22(24-2)26-14-17-9-10-18(28-3)20(30-5)19(17)29-4;/h6-10,13H,11-12,14H2,1-5H3,(H,23,27)(H2,24,25,26);1H. The Kier molecular flexibility index (Phi) is 11.5. The number of carbonyl (C=O) groups excluding carboxylic acids is 1. The predicted octanol–water partition coefficient (Wildman–Crippen LogP) is 2.60. The molecule has 2 aromatic carbocycles. The van der Waals surface area contributed by atoms with Crippen molar-refractivity contribution in [3.63, 3.8) is 0 Å². The highest BCUT2D eigenvalue weighted by Gasteiger charge is 2.15. The van der Waals surface area contributed by atoms with Crippen LogP contribution in [0.5, 0.6) is 17.2 Å². The van der Waals surface area contributed by atoms with Crippen LogP contribution in [0, 0.1) is 0 Å². The van der Waals surface area contributed by atoms with Gasteiger partial charge in [0.15, 0.2) is 17.5 Å². The molecule has 0 atom stereocenters. The molecule has 0 heterocycles. The quantitative estimate of drug-likeness (QED) is 0.257. The summed E-state index contributed by atoms with van der Waals surface area (Å²) in [4.78, 5) is 16.0. The Balaban J connectivity index is 0.00000480. The number of nitrogens with zero attached hydrogens (tertiary/aromatic N) is 1. The molecule has 0 aliphatic rings. The van der Waals surface area contributed by atoms with E-state index in [0.29, 0.717) is 41.9 Å². The van der Waals surface area contributed by atoms with Crippen LogP contribution in [0.1, 0.15) is 21.5 Å². The van der Waals surface area contributed by atoms with Gasteiger partial charge in [-0.2, -0.15) is 0 Å². The molecular weight excluding hydrogens is 511 g/mol. The lowest BCUT2D eigenvalue weighted by Gasteiger charge is -2.17. The largest absolute Gasteiger partial charge is 0.493 e. The molecule has 3 N–H and O–H groups in total. The van der Waals surface area contributed by atoms with Crippen molar-refractivity contribution < 1.29 is 19.0 Å². The van der Waals surface area contributed by atoms with E-state index in [0.717, 1.165) is 17.5 Å². The topological polar surface area (TPSA) is 93.2 Å². The lowest BCUT2D eigenvalue weighted by molar-refractivity contribution is 0.0963. The number of rotatable bonds is 9. The summed E-state index contributed by atoms with van der Waals surface area (Å²) in [6.45, 7) is 1.16. The van der Waals surface area contributed by atoms with Crippen molar-refractivity contribution in [1.29, 1.82) is 0 Å². The highest BCUT2D eigenvalue weighted by molar-refractivity contribution is 14.0. The number of aliphatic imine (C=N–C) groups is 1. The Morgan fingerprint density at radius 1 is 1.00 bits per heavy atom. The van der Waals surface area contributed by atoms with Crippen LogP contribution in [0.15, 0.2) is 41.4 Å². The van der Waals surface area contributed by atoms with E-state index in [-0.39, 0.29) is 29.9 Å². The number of methoxy groups -OCH3 is 3. The van der Waals surface area contributed by atoms with Crippen LogP contribution in [0.4, 0.5) is 0 Å². The minimum absolute atomic E-state index is 0. The van der Waals surface area contributed by atoms with Gasteiger partial charge in [-0.1, -0.05) is 12.1 Å². The molecule has 0 saturated carbocycles. The van der Waals surface area contributed by atoms with Gasteiger partial charge in [0.2, 0.25) is 5.75 Å². The van der Waals surface area contributed by atoms with E-state index in [1.165, 1.54) is 0 Å². The van der Waals surface area contributed by atoms with Crippen LogP contribution in [-0.4, -0.2) is 53.8 Å². The van der Waals surface area contributed by atoms with Crippen LogP contribution < -0.4 is 30.2 Å². The van der Waals surface area contributed by atoms with Crippen LogP contribution in [0.25, 0.3) is 0 Å². The third-order valence-electron chi connectivity index (χ3n) is 4.58. The first-order chi connectivity index (χ1) is 14.6. The maximum Gasteiger partial charge on any atom is 0.251 e. The van der Waals surface area contributed by atoms with Crippen molar-refractivity contribution in [3.8, 4) is 17.2 Å². The summed E-state index contributed by atoms with van der Waals surface area (Å²) in [5.74, 6) is 2.35. The van der Waals surface area contributed by atoms with Crippen LogP contribution in [0.3, 0.4) is 0 Å². The minimum atomic E-state index is -0.0915. The summed E-state index contributed by atoms with van der Waals surface area (Å²) in [6.07, 6.45) is 0.755. The predicted molar refractivity (Wildman–Crippen MR) is 133 cm³/mol. The second-order valence-electron chi connectivity index (χ2n) is 6.38. The normalized spacial score (nSPS) is 10.5. The lowest BCUT2D eigenvalue weighted by atomic mass is 10.1. The average Bonchev–Trinajstić information content (AvgIpc) is 2.79. The fourth-order valence-electron chi connectivity index (χ4n) is 3.04. The lowest BCUT2D eigenvalue weighted by Crippen LogP contribution is -2.38. The fraction of sp³-hybridized carbons (Fsp3) is 0.364. The molecule has 0 spiro atoms. The highest BCUT2D eigenvalue weighted by Crippen LogP contribution is 2.39. The van der Waals surface area contributed by atoms with Gasteiger partial charge >= 0.3 is 0 Å². The van der Waals surface area contributed by atoms with Crippen LogP contribution in [-0.2, 0) is 13.0 Å². The van der Waals surface area contributed by atoms with Gasteiger partial charge in [0.1, 0.15) is 0 Å². The number of nitrogens with one attached hydrogen (secondary N) is 3. The highest BCUT2D eigenvalue weighted by atomic mass is 127. The van der Waals surface area contributed by atoms with Gasteiger partial charge < -0.3 is 30.2 Å². The van der Waals surface area contributed by atoms with Crippen molar-refractivity contribution in [2.75, 3.05) is 42.0 Å². The second-order valence-corrected chi connectivity index (χ2v) is 6.38. The molecule has 0 aliphatic heterocycles. The van der Waals surface area contributed by atoms with Gasteiger partial charge in [-0.05, 0) is 36.2 Å². The monoisotopic (exact) mass is 542 g/mol. The van der Waals surface area contributed by atoms with E-state index in [4.69, 9.17) is 14.2 Å². The number of halogens is 1. The summed E-state index contributed by atoms with van der Waals surface area (Å²) >= 11 is 0. The van der Waals surface area contributed by atoms with E-state index in [1.807, 2.05) is 30.3 Å². The van der Waals surface area contributed by atoms with Gasteiger partial charge in [0.25, 0.3) is 5.91 Å². The van der Waals surface area contributed by atoms with E-state index in [9.17, 15) is 4.79 Å². The van der Waals surface area contributed by atoms with Crippen molar-refractivity contribution in [2.24, 2.45) is 4.99 Å². The Hall–Kier alpha value is -2.69. The first kappa shape index (κ1) is 26.3. The third kappa shape index (κ3) is 7.20. The molecule has 170 valence electrons. The van der Waals surface area contributed by atoms with Crippen molar-refractivity contribution in [1.82, 2.24) is 16.0 Å². The average molecular weight is 542 g/mol. The molecule has 31 heavy (non-hydrogen) atoms. The number of benzene rings is 2. The molecule has 2 rings (SSSR count). The van der Waals surface area contributed by atoms with Crippen molar-refractivity contribution in [3.05, 3.63) is 53.1 Å². The molecule has 0 radical (unpaired) electrons. The second kappa shape index (κ2) is 13.6. The number of hydrogen-bond donors (Lipinski definition) is 3. The Bertz CT molecular complexity index is 890. The maximum absolute atomic E-state index is 11.8.